The molecular formula is C13H26NaO3. The molecule has 3 nitrogen and oxygen atoms in total. The Morgan fingerprint density at radius 2 is 1.71 bits per heavy atom. The summed E-state index contributed by atoms with van der Waals surface area (Å²) in [5, 5.41) is 0. The third kappa shape index (κ3) is 12.7. The molecule has 0 aromatic carbocycles. The maximum Gasteiger partial charge on any atom is 0.342 e. The van der Waals surface area contributed by atoms with E-state index in [1.54, 1.807) is 6.92 Å². The van der Waals surface area contributed by atoms with Crippen molar-refractivity contribution in [2.24, 2.45) is 5.92 Å². The Labute approximate surface area is 128 Å². The fraction of sp³-hybridized carbons (Fsp3) is 0.923. The summed E-state index contributed by atoms with van der Waals surface area (Å²) in [7, 11) is 0. The maximum absolute atomic E-state index is 10.9. The van der Waals surface area contributed by atoms with E-state index in [1.165, 1.54) is 12.8 Å². The molecule has 0 saturated heterocycles. The van der Waals surface area contributed by atoms with Gasteiger partial charge in [-0.05, 0) is 18.8 Å². The largest absolute Gasteiger partial charge is 0.342 e. The first kappa shape index (κ1) is 19.8. The molecule has 0 aliphatic rings. The Kier molecular flexibility index (Phi) is 15.0. The molecule has 0 aromatic rings. The molecule has 0 heterocycles. The zero-order valence-electron chi connectivity index (χ0n) is 12.1. The van der Waals surface area contributed by atoms with Gasteiger partial charge in [0, 0.05) is 36.0 Å². The van der Waals surface area contributed by atoms with Crippen LogP contribution in [-0.2, 0) is 14.6 Å². The minimum absolute atomic E-state index is 0. The smallest absolute Gasteiger partial charge is 0.298 e. The molecule has 0 N–H and O–H groups in total. The van der Waals surface area contributed by atoms with Gasteiger partial charge in [-0.2, -0.15) is 4.89 Å². The van der Waals surface area contributed by atoms with E-state index >= 15 is 0 Å². The average molecular weight is 253 g/mol. The zero-order valence-corrected chi connectivity index (χ0v) is 14.1. The van der Waals surface area contributed by atoms with Gasteiger partial charge in [0.1, 0.15) is 6.10 Å². The summed E-state index contributed by atoms with van der Waals surface area (Å²) in [5.41, 5.74) is 0. The summed E-state index contributed by atoms with van der Waals surface area (Å²) in [6.07, 6.45) is 5.90. The first-order valence-corrected chi connectivity index (χ1v) is 6.46. The molecule has 0 aliphatic heterocycles. The summed E-state index contributed by atoms with van der Waals surface area (Å²) >= 11 is 0. The van der Waals surface area contributed by atoms with Crippen molar-refractivity contribution in [1.82, 2.24) is 0 Å². The molecule has 17 heavy (non-hydrogen) atoms. The number of hydrogen-bond acceptors (Lipinski definition) is 3. The van der Waals surface area contributed by atoms with Crippen LogP contribution in [0.5, 0.6) is 0 Å². The van der Waals surface area contributed by atoms with Crippen LogP contribution in [0, 0.1) is 5.92 Å². The molecule has 4 heteroatoms. The van der Waals surface area contributed by atoms with Gasteiger partial charge in [-0.25, -0.2) is 4.79 Å². The molecule has 1 atom stereocenters. The molecule has 0 saturated carbocycles. The molecule has 0 rings (SSSR count). The van der Waals surface area contributed by atoms with Crippen molar-refractivity contribution in [3.8, 4) is 0 Å². The second-order valence-corrected chi connectivity index (χ2v) is 4.61. The van der Waals surface area contributed by atoms with Crippen molar-refractivity contribution < 1.29 is 14.6 Å². The SMILES string of the molecule is CCC(=O)OOC(CC)CCCCC(C)C.[Na]. The summed E-state index contributed by atoms with van der Waals surface area (Å²) in [4.78, 5) is 20.7. The van der Waals surface area contributed by atoms with Gasteiger partial charge >= 0.3 is 5.97 Å². The van der Waals surface area contributed by atoms with E-state index in [2.05, 4.69) is 18.7 Å². The van der Waals surface area contributed by atoms with Crippen LogP contribution >= 0.6 is 0 Å². The average Bonchev–Trinajstić information content (AvgIpc) is 2.27. The molecular weight excluding hydrogens is 227 g/mol. The number of carbonyl (C=O) groups is 1. The quantitative estimate of drug-likeness (QED) is 0.273. The van der Waals surface area contributed by atoms with Crippen molar-refractivity contribution in [3.63, 3.8) is 0 Å². The van der Waals surface area contributed by atoms with Gasteiger partial charge in [-0.3, -0.25) is 4.89 Å². The molecule has 1 unspecified atom stereocenters. The number of carbonyl (C=O) groups excluding carboxylic acids is 1. The summed E-state index contributed by atoms with van der Waals surface area (Å²) in [6.45, 7) is 8.27. The monoisotopic (exact) mass is 253 g/mol. The van der Waals surface area contributed by atoms with Gasteiger partial charge in [0.2, 0.25) is 0 Å². The van der Waals surface area contributed by atoms with Crippen molar-refractivity contribution >= 4 is 35.5 Å². The molecule has 0 spiro atoms. The number of rotatable bonds is 9. The number of unbranched alkanes of at least 4 members (excludes halogenated alkanes) is 1. The minimum Gasteiger partial charge on any atom is -0.298 e. The molecule has 0 fully saturated rings. The van der Waals surface area contributed by atoms with Crippen LogP contribution in [0.4, 0.5) is 0 Å². The van der Waals surface area contributed by atoms with Gasteiger partial charge in [-0.1, -0.05) is 47.0 Å². The first-order chi connectivity index (χ1) is 7.60. The topological polar surface area (TPSA) is 35.5 Å². The van der Waals surface area contributed by atoms with Crippen LogP contribution in [0.15, 0.2) is 0 Å². The van der Waals surface area contributed by atoms with Crippen LogP contribution in [0.3, 0.4) is 0 Å². The predicted molar refractivity (Wildman–Crippen MR) is 70.6 cm³/mol. The molecule has 97 valence electrons. The van der Waals surface area contributed by atoms with Crippen molar-refractivity contribution in [2.75, 3.05) is 0 Å². The van der Waals surface area contributed by atoms with Crippen LogP contribution < -0.4 is 0 Å². The third-order valence-corrected chi connectivity index (χ3v) is 2.58. The van der Waals surface area contributed by atoms with E-state index in [1.807, 2.05) is 6.92 Å². The fourth-order valence-corrected chi connectivity index (χ4v) is 1.43. The van der Waals surface area contributed by atoms with Crippen LogP contribution in [0.1, 0.15) is 66.2 Å². The molecule has 0 aliphatic carbocycles. The summed E-state index contributed by atoms with van der Waals surface area (Å²) in [6, 6.07) is 0. The maximum atomic E-state index is 10.9. The normalized spacial score (nSPS) is 12.1. The first-order valence-electron chi connectivity index (χ1n) is 6.46. The Balaban J connectivity index is 0. The summed E-state index contributed by atoms with van der Waals surface area (Å²) in [5.74, 6) is 0.472. The van der Waals surface area contributed by atoms with Gasteiger partial charge < -0.3 is 0 Å². The van der Waals surface area contributed by atoms with Crippen molar-refractivity contribution in [1.29, 1.82) is 0 Å². The van der Waals surface area contributed by atoms with E-state index in [0.717, 1.165) is 25.2 Å². The van der Waals surface area contributed by atoms with Gasteiger partial charge in [0.05, 0.1) is 0 Å². The van der Waals surface area contributed by atoms with Crippen LogP contribution in [0.25, 0.3) is 0 Å². The summed E-state index contributed by atoms with van der Waals surface area (Å²) < 4.78 is 0. The van der Waals surface area contributed by atoms with Gasteiger partial charge in [0.15, 0.2) is 0 Å². The predicted octanol–water partition coefficient (Wildman–Crippen LogP) is 3.49. The fourth-order valence-electron chi connectivity index (χ4n) is 1.43. The van der Waals surface area contributed by atoms with Gasteiger partial charge in [-0.15, -0.1) is 0 Å². The minimum atomic E-state index is -0.291. The zero-order chi connectivity index (χ0) is 12.4. The van der Waals surface area contributed by atoms with E-state index in [0.29, 0.717) is 6.42 Å². The van der Waals surface area contributed by atoms with E-state index in [4.69, 9.17) is 4.89 Å². The molecule has 0 aromatic heterocycles. The molecule has 0 amide bonds. The Morgan fingerprint density at radius 3 is 2.18 bits per heavy atom. The van der Waals surface area contributed by atoms with Gasteiger partial charge in [0.25, 0.3) is 0 Å². The van der Waals surface area contributed by atoms with E-state index < -0.39 is 0 Å². The van der Waals surface area contributed by atoms with Crippen LogP contribution in [0.2, 0.25) is 0 Å². The van der Waals surface area contributed by atoms with E-state index in [-0.39, 0.29) is 41.6 Å². The number of hydrogen-bond donors (Lipinski definition) is 0. The Bertz CT molecular complexity index is 184. The second kappa shape index (κ2) is 12.9. The molecule has 1 radical (unpaired) electrons. The van der Waals surface area contributed by atoms with Crippen LogP contribution in [-0.4, -0.2) is 41.6 Å². The standard InChI is InChI=1S/C13H26O3.Na/c1-5-12(15-16-13(14)6-2)10-8-7-9-11(3)4;/h11-12H,5-10H2,1-4H3;. The molecule has 0 bridgehead atoms. The van der Waals surface area contributed by atoms with Crippen molar-refractivity contribution in [2.45, 2.75) is 72.3 Å². The Morgan fingerprint density at radius 1 is 1.12 bits per heavy atom. The Hall–Kier alpha value is 0.430. The van der Waals surface area contributed by atoms with E-state index in [9.17, 15) is 4.79 Å². The van der Waals surface area contributed by atoms with Crippen molar-refractivity contribution in [3.05, 3.63) is 0 Å². The third-order valence-electron chi connectivity index (χ3n) is 2.58. The second-order valence-electron chi connectivity index (χ2n) is 4.61.